The van der Waals surface area contributed by atoms with Gasteiger partial charge in [0.25, 0.3) is 5.91 Å². The average molecular weight is 402 g/mol. The third-order valence-corrected chi connectivity index (χ3v) is 3.85. The smallest absolute Gasteiger partial charge is 0.344 e. The quantitative estimate of drug-likeness (QED) is 0.574. The van der Waals surface area contributed by atoms with Crippen LogP contribution in [-0.4, -0.2) is 25.1 Å². The molecule has 1 amide bonds. The Hall–Kier alpha value is -4.31. The molecule has 3 rings (SSSR count). The molecular formula is C23H18N2O5. The van der Waals surface area contributed by atoms with Crippen molar-refractivity contribution in [3.63, 3.8) is 0 Å². The van der Waals surface area contributed by atoms with Crippen LogP contribution in [0.2, 0.25) is 0 Å². The van der Waals surface area contributed by atoms with Gasteiger partial charge in [0.2, 0.25) is 0 Å². The number of hydrogen-bond acceptors (Lipinski definition) is 6. The van der Waals surface area contributed by atoms with Gasteiger partial charge in [0.15, 0.2) is 19.0 Å². The van der Waals surface area contributed by atoms with Crippen LogP contribution in [0.1, 0.15) is 5.56 Å². The van der Waals surface area contributed by atoms with Crippen molar-refractivity contribution in [1.29, 1.82) is 5.26 Å². The maximum Gasteiger partial charge on any atom is 0.344 e. The number of nitrogens with zero attached hydrogens (tertiary/aromatic N) is 1. The molecule has 7 nitrogen and oxygen atoms in total. The fourth-order valence-corrected chi connectivity index (χ4v) is 2.47. The summed E-state index contributed by atoms with van der Waals surface area (Å²) in [5.74, 6) is 0.102. The first kappa shape index (κ1) is 20.4. The molecule has 150 valence electrons. The lowest BCUT2D eigenvalue weighted by molar-refractivity contribution is -0.149. The number of esters is 1. The molecule has 0 spiro atoms. The number of nitrogens with one attached hydrogen (secondary N) is 1. The summed E-state index contributed by atoms with van der Waals surface area (Å²) >= 11 is 0. The number of amides is 1. The van der Waals surface area contributed by atoms with Gasteiger partial charge in [-0.15, -0.1) is 0 Å². The highest BCUT2D eigenvalue weighted by Gasteiger charge is 2.12. The Kier molecular flexibility index (Phi) is 7.01. The highest BCUT2D eigenvalue weighted by molar-refractivity contribution is 5.94. The third kappa shape index (κ3) is 5.84. The number of nitriles is 1. The molecule has 0 aromatic heterocycles. The predicted molar refractivity (Wildman–Crippen MR) is 109 cm³/mol. The van der Waals surface area contributed by atoms with E-state index in [1.807, 2.05) is 24.3 Å². The van der Waals surface area contributed by atoms with Crippen LogP contribution in [0.3, 0.4) is 0 Å². The Morgan fingerprint density at radius 3 is 2.27 bits per heavy atom. The van der Waals surface area contributed by atoms with Crippen LogP contribution in [0.4, 0.5) is 5.69 Å². The summed E-state index contributed by atoms with van der Waals surface area (Å²) < 4.78 is 16.0. The summed E-state index contributed by atoms with van der Waals surface area (Å²) in [4.78, 5) is 24.0. The first-order valence-electron chi connectivity index (χ1n) is 9.05. The van der Waals surface area contributed by atoms with Crippen molar-refractivity contribution in [2.45, 2.75) is 0 Å². The summed E-state index contributed by atoms with van der Waals surface area (Å²) in [5, 5.41) is 11.7. The maximum absolute atomic E-state index is 12.2. The van der Waals surface area contributed by atoms with E-state index in [0.717, 1.165) is 0 Å². The van der Waals surface area contributed by atoms with E-state index in [-0.39, 0.29) is 5.75 Å². The molecule has 0 aliphatic carbocycles. The van der Waals surface area contributed by atoms with Crippen molar-refractivity contribution in [2.75, 3.05) is 18.5 Å². The zero-order valence-corrected chi connectivity index (χ0v) is 15.9. The van der Waals surface area contributed by atoms with Gasteiger partial charge >= 0.3 is 5.97 Å². The van der Waals surface area contributed by atoms with Gasteiger partial charge in [0.05, 0.1) is 11.3 Å². The number of rotatable bonds is 8. The number of hydrogen-bond donors (Lipinski definition) is 1. The number of anilines is 1. The van der Waals surface area contributed by atoms with Crippen LogP contribution in [0.25, 0.3) is 0 Å². The van der Waals surface area contributed by atoms with Crippen LogP contribution in [0.15, 0.2) is 78.9 Å². The Bertz CT molecular complexity index is 1060. The number of carbonyl (C=O) groups excluding carboxylic acids is 2. The van der Waals surface area contributed by atoms with E-state index in [0.29, 0.717) is 22.7 Å². The molecule has 30 heavy (non-hydrogen) atoms. The van der Waals surface area contributed by atoms with Crippen LogP contribution in [0.5, 0.6) is 17.2 Å². The largest absolute Gasteiger partial charge is 0.481 e. The first-order chi connectivity index (χ1) is 14.7. The minimum absolute atomic E-state index is 0.272. The topological polar surface area (TPSA) is 97.6 Å². The van der Waals surface area contributed by atoms with Gasteiger partial charge in [-0.1, -0.05) is 42.5 Å². The highest BCUT2D eigenvalue weighted by Crippen LogP contribution is 2.29. The molecule has 0 radical (unpaired) electrons. The number of carbonyl (C=O) groups is 2. The summed E-state index contributed by atoms with van der Waals surface area (Å²) in [5.41, 5.74) is 0.750. The zero-order chi connectivity index (χ0) is 21.2. The SMILES string of the molecule is N#Cc1ccccc1OCC(=O)OCC(=O)Nc1ccccc1Oc1ccccc1. The third-order valence-electron chi connectivity index (χ3n) is 3.85. The number of ether oxygens (including phenoxy) is 3. The van der Waals surface area contributed by atoms with Crippen LogP contribution < -0.4 is 14.8 Å². The van der Waals surface area contributed by atoms with Gasteiger partial charge in [-0.05, 0) is 36.4 Å². The van der Waals surface area contributed by atoms with E-state index in [1.54, 1.807) is 60.7 Å². The van der Waals surface area contributed by atoms with Gasteiger partial charge in [-0.25, -0.2) is 4.79 Å². The van der Waals surface area contributed by atoms with Gasteiger partial charge in [-0.3, -0.25) is 4.79 Å². The molecule has 3 aromatic carbocycles. The van der Waals surface area contributed by atoms with Gasteiger partial charge in [-0.2, -0.15) is 5.26 Å². The lowest BCUT2D eigenvalue weighted by Gasteiger charge is -2.12. The number of benzene rings is 3. The van der Waals surface area contributed by atoms with Crippen molar-refractivity contribution in [3.05, 3.63) is 84.4 Å². The van der Waals surface area contributed by atoms with Crippen LogP contribution >= 0.6 is 0 Å². The molecule has 0 atom stereocenters. The average Bonchev–Trinajstić information content (AvgIpc) is 2.78. The summed E-state index contributed by atoms with van der Waals surface area (Å²) in [6.45, 7) is -0.901. The van der Waals surface area contributed by atoms with E-state index in [4.69, 9.17) is 19.5 Å². The highest BCUT2D eigenvalue weighted by atomic mass is 16.6. The lowest BCUT2D eigenvalue weighted by Crippen LogP contribution is -2.24. The molecule has 0 saturated heterocycles. The second-order valence-electron chi connectivity index (χ2n) is 6.02. The minimum Gasteiger partial charge on any atom is -0.481 e. The fourth-order valence-electron chi connectivity index (χ4n) is 2.47. The van der Waals surface area contributed by atoms with E-state index < -0.39 is 25.1 Å². The molecule has 0 heterocycles. The Morgan fingerprint density at radius 2 is 1.50 bits per heavy atom. The fraction of sp³-hybridized carbons (Fsp3) is 0.0870. The summed E-state index contributed by atoms with van der Waals surface area (Å²) in [6, 6.07) is 24.6. The zero-order valence-electron chi connectivity index (χ0n) is 15.9. The van der Waals surface area contributed by atoms with E-state index in [9.17, 15) is 9.59 Å². The van der Waals surface area contributed by atoms with Crippen LogP contribution in [0, 0.1) is 11.3 Å². The molecule has 0 bridgehead atoms. The molecule has 0 unspecified atom stereocenters. The van der Waals surface area contributed by atoms with E-state index >= 15 is 0 Å². The van der Waals surface area contributed by atoms with Gasteiger partial charge in [0.1, 0.15) is 17.6 Å². The van der Waals surface area contributed by atoms with Crippen molar-refractivity contribution in [1.82, 2.24) is 0 Å². The second kappa shape index (κ2) is 10.3. The molecule has 0 fully saturated rings. The van der Waals surface area contributed by atoms with Crippen molar-refractivity contribution in [2.24, 2.45) is 0 Å². The lowest BCUT2D eigenvalue weighted by atomic mass is 10.2. The van der Waals surface area contributed by atoms with E-state index in [1.165, 1.54) is 0 Å². The molecular weight excluding hydrogens is 384 g/mol. The van der Waals surface area contributed by atoms with Crippen molar-refractivity contribution < 1.29 is 23.8 Å². The maximum atomic E-state index is 12.2. The van der Waals surface area contributed by atoms with Crippen molar-refractivity contribution in [3.8, 4) is 23.3 Å². The second-order valence-corrected chi connectivity index (χ2v) is 6.02. The van der Waals surface area contributed by atoms with Gasteiger partial charge in [0, 0.05) is 0 Å². The Morgan fingerprint density at radius 1 is 0.833 bits per heavy atom. The normalized spacial score (nSPS) is 9.83. The minimum atomic E-state index is -0.730. The molecule has 0 saturated carbocycles. The Labute approximate surface area is 173 Å². The molecule has 7 heteroatoms. The first-order valence-corrected chi connectivity index (χ1v) is 9.05. The predicted octanol–water partition coefficient (Wildman–Crippen LogP) is 3.91. The number of para-hydroxylation sites is 4. The standard InChI is InChI=1S/C23H18N2O5/c24-14-17-8-4-6-12-20(17)28-16-23(27)29-15-22(26)25-19-11-5-7-13-21(19)30-18-9-2-1-3-10-18/h1-13H,15-16H2,(H,25,26). The molecule has 0 aliphatic heterocycles. The molecule has 3 aromatic rings. The Balaban J connectivity index is 1.50. The monoisotopic (exact) mass is 402 g/mol. The molecule has 0 aliphatic rings. The van der Waals surface area contributed by atoms with Crippen molar-refractivity contribution >= 4 is 17.6 Å². The van der Waals surface area contributed by atoms with Gasteiger partial charge < -0.3 is 19.5 Å². The van der Waals surface area contributed by atoms with Crippen LogP contribution in [-0.2, 0) is 14.3 Å². The molecule has 1 N–H and O–H groups in total. The summed E-state index contributed by atoms with van der Waals surface area (Å²) in [6.07, 6.45) is 0. The van der Waals surface area contributed by atoms with E-state index in [2.05, 4.69) is 5.32 Å². The summed E-state index contributed by atoms with van der Waals surface area (Å²) in [7, 11) is 0.